The van der Waals surface area contributed by atoms with Crippen LogP contribution in [0.4, 0.5) is 23.1 Å². The second-order valence-corrected chi connectivity index (χ2v) is 8.30. The zero-order chi connectivity index (χ0) is 27.1. The summed E-state index contributed by atoms with van der Waals surface area (Å²) in [7, 11) is 0. The summed E-state index contributed by atoms with van der Waals surface area (Å²) in [5.41, 5.74) is 6.86. The first-order valence-corrected chi connectivity index (χ1v) is 11.2. The first-order chi connectivity index (χ1) is 17.6. The lowest BCUT2D eigenvalue weighted by Gasteiger charge is -2.46. The Balaban J connectivity index is 0.00000121. The number of aromatic nitrogens is 2. The molecule has 3 heterocycles. The van der Waals surface area contributed by atoms with E-state index in [0.717, 1.165) is 18.7 Å². The minimum atomic E-state index is -1.30. The second kappa shape index (κ2) is 11.7. The Morgan fingerprint density at radius 2 is 1.92 bits per heavy atom. The minimum absolute atomic E-state index is 0.0468. The maximum atomic E-state index is 12.5. The predicted molar refractivity (Wildman–Crippen MR) is 132 cm³/mol. The number of H-pyrrole nitrogens is 1. The van der Waals surface area contributed by atoms with Gasteiger partial charge in [-0.25, -0.2) is 4.79 Å². The second-order valence-electron chi connectivity index (χ2n) is 8.30. The molecule has 2 aliphatic rings. The van der Waals surface area contributed by atoms with Gasteiger partial charge in [0.15, 0.2) is 5.82 Å². The largest absolute Gasteiger partial charge is 0.483 e. The van der Waals surface area contributed by atoms with Crippen LogP contribution in [0, 0.1) is 0 Å². The molecule has 0 spiro atoms. The molecule has 2 aliphatic heterocycles. The number of rotatable bonds is 7. The average Bonchev–Trinajstić information content (AvgIpc) is 2.85. The van der Waals surface area contributed by atoms with Gasteiger partial charge >= 0.3 is 11.9 Å². The number of hydrogen-bond acceptors (Lipinski definition) is 10. The Hall–Kier alpha value is -4.82. The molecule has 8 N–H and O–H groups in total. The molecular weight excluding hydrogens is 490 g/mol. The number of anilines is 4. The summed E-state index contributed by atoms with van der Waals surface area (Å²) in [4.78, 5) is 66.2. The zero-order valence-corrected chi connectivity index (χ0v) is 19.6. The van der Waals surface area contributed by atoms with Crippen molar-refractivity contribution in [1.29, 1.82) is 0 Å². The summed E-state index contributed by atoms with van der Waals surface area (Å²) in [6, 6.07) is 5.48. The molecule has 198 valence electrons. The molecule has 0 radical (unpaired) electrons. The van der Waals surface area contributed by atoms with Gasteiger partial charge in [0.25, 0.3) is 17.9 Å². The topological polar surface area (TPSA) is 231 Å². The number of aromatic amines is 1. The summed E-state index contributed by atoms with van der Waals surface area (Å²) in [6.45, 7) is 1.57. The van der Waals surface area contributed by atoms with E-state index in [2.05, 4.69) is 25.5 Å². The molecule has 2 atom stereocenters. The summed E-state index contributed by atoms with van der Waals surface area (Å²) < 4.78 is 0. The number of nitrogens with one attached hydrogen (secondary N) is 3. The highest BCUT2D eigenvalue weighted by atomic mass is 16.4. The molecule has 2 aromatic rings. The highest BCUT2D eigenvalue weighted by molar-refractivity contribution is 5.97. The third-order valence-corrected chi connectivity index (χ3v) is 5.95. The van der Waals surface area contributed by atoms with E-state index in [1.165, 1.54) is 0 Å². The van der Waals surface area contributed by atoms with Crippen LogP contribution < -0.4 is 31.7 Å². The molecule has 2 unspecified atom stereocenters. The molecule has 15 heteroatoms. The van der Waals surface area contributed by atoms with Gasteiger partial charge in [-0.2, -0.15) is 4.98 Å². The Labute approximate surface area is 209 Å². The van der Waals surface area contributed by atoms with Crippen LogP contribution in [-0.4, -0.2) is 81.4 Å². The van der Waals surface area contributed by atoms with Gasteiger partial charge in [-0.1, -0.05) is 0 Å². The smallest absolute Gasteiger partial charge is 0.326 e. The molecule has 1 aromatic carbocycles. The maximum Gasteiger partial charge on any atom is 0.326 e. The van der Waals surface area contributed by atoms with Crippen LogP contribution in [0.1, 0.15) is 29.6 Å². The fraction of sp³-hybridized carbons (Fsp3) is 0.364. The average molecular weight is 517 g/mol. The lowest BCUT2D eigenvalue weighted by Crippen LogP contribution is -2.57. The van der Waals surface area contributed by atoms with Crippen LogP contribution in [0.25, 0.3) is 0 Å². The van der Waals surface area contributed by atoms with Crippen molar-refractivity contribution in [3.63, 3.8) is 0 Å². The first-order valence-electron chi connectivity index (χ1n) is 11.2. The molecule has 1 saturated heterocycles. The van der Waals surface area contributed by atoms with Crippen molar-refractivity contribution in [2.24, 2.45) is 0 Å². The van der Waals surface area contributed by atoms with E-state index in [0.29, 0.717) is 24.7 Å². The number of carboxylic acids is 2. The zero-order valence-electron chi connectivity index (χ0n) is 19.6. The van der Waals surface area contributed by atoms with Gasteiger partial charge in [0.2, 0.25) is 5.95 Å². The van der Waals surface area contributed by atoms with Crippen molar-refractivity contribution in [3.05, 3.63) is 40.2 Å². The Kier molecular flexibility index (Phi) is 8.50. The molecule has 0 saturated carbocycles. The molecule has 15 nitrogen and oxygen atoms in total. The number of benzene rings is 1. The maximum absolute atomic E-state index is 12.5. The third kappa shape index (κ3) is 6.45. The van der Waals surface area contributed by atoms with E-state index in [1.54, 1.807) is 24.3 Å². The number of amides is 1. The number of carbonyl (C=O) groups excluding carboxylic acids is 1. The van der Waals surface area contributed by atoms with E-state index in [4.69, 9.17) is 20.7 Å². The number of carboxylic acid groups (broad SMARTS) is 3. The fourth-order valence-corrected chi connectivity index (χ4v) is 4.19. The van der Waals surface area contributed by atoms with Gasteiger partial charge in [-0.05, 0) is 37.1 Å². The normalized spacial score (nSPS) is 16.6. The number of hydrogen-bond donors (Lipinski definition) is 7. The van der Waals surface area contributed by atoms with Crippen LogP contribution in [0.15, 0.2) is 29.1 Å². The molecule has 1 amide bonds. The van der Waals surface area contributed by atoms with E-state index in [1.807, 2.05) is 4.90 Å². The van der Waals surface area contributed by atoms with Gasteiger partial charge in [0.1, 0.15) is 11.7 Å². The van der Waals surface area contributed by atoms with Gasteiger partial charge in [-0.15, -0.1) is 0 Å². The molecule has 4 rings (SSSR count). The Morgan fingerprint density at radius 3 is 2.54 bits per heavy atom. The van der Waals surface area contributed by atoms with Crippen molar-refractivity contribution in [1.82, 2.24) is 15.3 Å². The number of aliphatic carboxylic acids is 2. The van der Waals surface area contributed by atoms with E-state index < -0.39 is 23.9 Å². The molecule has 1 aromatic heterocycles. The monoisotopic (exact) mass is 517 g/mol. The van der Waals surface area contributed by atoms with Crippen LogP contribution in [-0.2, 0) is 14.4 Å². The quantitative estimate of drug-likeness (QED) is 0.231. The summed E-state index contributed by atoms with van der Waals surface area (Å²) in [5.74, 6) is -2.54. The lowest BCUT2D eigenvalue weighted by atomic mass is 10.1. The van der Waals surface area contributed by atoms with Gasteiger partial charge in [-0.3, -0.25) is 24.2 Å². The number of nitrogen functional groups attached to an aromatic ring is 1. The number of nitrogens with zero attached hydrogens (tertiary/aromatic N) is 3. The number of carbonyl (C=O) groups is 4. The van der Waals surface area contributed by atoms with Crippen molar-refractivity contribution in [3.8, 4) is 0 Å². The van der Waals surface area contributed by atoms with Crippen molar-refractivity contribution in [2.75, 3.05) is 40.6 Å². The fourth-order valence-electron chi connectivity index (χ4n) is 4.19. The number of nitrogens with two attached hydrogens (primary N) is 1. The van der Waals surface area contributed by atoms with Gasteiger partial charge in [0, 0.05) is 30.8 Å². The van der Waals surface area contributed by atoms with Crippen molar-refractivity contribution in [2.45, 2.75) is 31.3 Å². The van der Waals surface area contributed by atoms with Crippen molar-refractivity contribution < 1.29 is 34.5 Å². The standard InChI is InChI=1S/C21H25N7O6.CH2O2/c22-21-25-17-16(19(32)26-21)28-10-27(8-7-13(28)9-23-17)12-3-1-11(2-4-12)18(31)24-14(20(33)34)5-6-15(29)30;2-1-3/h1-4,13-14H,5-10H2,(H,24,31)(H,29,30)(H,33,34)(H4,22,23,25,26,32);1H,(H,2,3). The SMILES string of the molecule is Nc1nc2c(c(=O)[nH]1)N1CN(c3ccc(C(=O)NC(CCC(=O)O)C(=O)O)cc3)CCC1CN2.O=CO. The lowest BCUT2D eigenvalue weighted by molar-refractivity contribution is -0.140. The highest BCUT2D eigenvalue weighted by Crippen LogP contribution is 2.32. The molecular formula is C22H27N7O8. The molecule has 0 aliphatic carbocycles. The van der Waals surface area contributed by atoms with Crippen LogP contribution in [0.2, 0.25) is 0 Å². The number of fused-ring (bicyclic) bond motifs is 3. The Morgan fingerprint density at radius 1 is 1.24 bits per heavy atom. The van der Waals surface area contributed by atoms with Crippen LogP contribution in [0.3, 0.4) is 0 Å². The first kappa shape index (κ1) is 26.8. The van der Waals surface area contributed by atoms with Gasteiger partial charge < -0.3 is 41.5 Å². The van der Waals surface area contributed by atoms with Crippen LogP contribution in [0.5, 0.6) is 0 Å². The molecule has 0 bridgehead atoms. The summed E-state index contributed by atoms with van der Waals surface area (Å²) in [5, 5.41) is 30.4. The van der Waals surface area contributed by atoms with E-state index in [-0.39, 0.29) is 42.4 Å². The highest BCUT2D eigenvalue weighted by Gasteiger charge is 2.34. The summed E-state index contributed by atoms with van der Waals surface area (Å²) in [6.07, 6.45) is 0.212. The van der Waals surface area contributed by atoms with E-state index >= 15 is 0 Å². The molecule has 37 heavy (non-hydrogen) atoms. The van der Waals surface area contributed by atoms with Gasteiger partial charge in [0.05, 0.1) is 12.7 Å². The molecule has 1 fully saturated rings. The predicted octanol–water partition coefficient (Wildman–Crippen LogP) is -0.431. The third-order valence-electron chi connectivity index (χ3n) is 5.95. The minimum Gasteiger partial charge on any atom is -0.483 e. The van der Waals surface area contributed by atoms with Crippen molar-refractivity contribution >= 4 is 47.5 Å². The summed E-state index contributed by atoms with van der Waals surface area (Å²) >= 11 is 0. The van der Waals surface area contributed by atoms with Crippen LogP contribution >= 0.6 is 0 Å². The Bertz CT molecular complexity index is 1220. The van der Waals surface area contributed by atoms with E-state index in [9.17, 15) is 24.3 Å².